The Morgan fingerprint density at radius 2 is 1.81 bits per heavy atom. The second-order valence-electron chi connectivity index (χ2n) is 8.28. The minimum atomic E-state index is -1.63. The maximum absolute atomic E-state index is 14.7. The van der Waals surface area contributed by atoms with Gasteiger partial charge in [-0.3, -0.25) is 9.59 Å². The van der Waals surface area contributed by atoms with E-state index in [0.717, 1.165) is 18.2 Å². The number of halogens is 8. The van der Waals surface area contributed by atoms with Gasteiger partial charge in [0.05, 0.1) is 26.7 Å². The van der Waals surface area contributed by atoms with Gasteiger partial charge in [-0.15, -0.1) is 23.2 Å². The number of nitrogens with one attached hydrogen (secondary N) is 2. The molecule has 2 aromatic carbocycles. The van der Waals surface area contributed by atoms with Crippen molar-refractivity contribution in [2.75, 3.05) is 16.4 Å². The van der Waals surface area contributed by atoms with Gasteiger partial charge < -0.3 is 16.4 Å². The summed E-state index contributed by atoms with van der Waals surface area (Å²) in [5, 5.41) is 4.75. The molecule has 0 aliphatic heterocycles. The van der Waals surface area contributed by atoms with Crippen LogP contribution in [-0.4, -0.2) is 22.3 Å². The van der Waals surface area contributed by atoms with Crippen LogP contribution in [0.2, 0.25) is 5.02 Å². The van der Waals surface area contributed by atoms with Crippen molar-refractivity contribution in [3.05, 3.63) is 74.5 Å². The van der Waals surface area contributed by atoms with Crippen LogP contribution in [0.15, 0.2) is 52.3 Å². The fraction of sp³-hybridized carbons (Fsp3) is 0.250. The van der Waals surface area contributed by atoms with Crippen molar-refractivity contribution < 1.29 is 27.2 Å². The van der Waals surface area contributed by atoms with E-state index in [9.17, 15) is 27.2 Å². The van der Waals surface area contributed by atoms with Crippen molar-refractivity contribution in [2.24, 2.45) is 11.8 Å². The predicted molar refractivity (Wildman–Crippen MR) is 142 cm³/mol. The zero-order valence-electron chi connectivity index (χ0n) is 19.1. The summed E-state index contributed by atoms with van der Waals surface area (Å²) < 4.78 is 53.7. The van der Waals surface area contributed by atoms with Crippen LogP contribution in [0, 0.1) is 23.5 Å². The smallest absolute Gasteiger partial charge is 0.257 e. The summed E-state index contributed by atoms with van der Waals surface area (Å²) >= 11 is 21.6. The average molecular weight is 644 g/mol. The molecule has 198 valence electrons. The summed E-state index contributed by atoms with van der Waals surface area (Å²) in [6.45, 7) is 2.60. The van der Waals surface area contributed by atoms with Crippen molar-refractivity contribution in [3.8, 4) is 0 Å². The van der Waals surface area contributed by atoms with Crippen molar-refractivity contribution >= 4 is 79.6 Å². The molecule has 1 saturated carbocycles. The predicted octanol–water partition coefficient (Wildman–Crippen LogP) is 7.69. The molecule has 2 aromatic rings. The molecule has 1 aliphatic rings. The lowest BCUT2D eigenvalue weighted by Gasteiger charge is -2.11. The number of allylic oxidation sites excluding steroid dienone is 4. The molecule has 3 unspecified atom stereocenters. The van der Waals surface area contributed by atoms with Crippen LogP contribution in [0.4, 0.5) is 34.6 Å². The fourth-order valence-corrected chi connectivity index (χ4v) is 5.43. The number of rotatable bonds is 7. The highest BCUT2D eigenvalue weighted by Crippen LogP contribution is 2.63. The summed E-state index contributed by atoms with van der Waals surface area (Å²) in [5.41, 5.74) is 4.18. The van der Waals surface area contributed by atoms with Crippen molar-refractivity contribution in [3.63, 3.8) is 0 Å². The van der Waals surface area contributed by atoms with E-state index in [1.807, 2.05) is 0 Å². The number of anilines is 3. The lowest BCUT2D eigenvalue weighted by Crippen LogP contribution is -2.19. The first-order valence-corrected chi connectivity index (χ1v) is 12.5. The van der Waals surface area contributed by atoms with Crippen LogP contribution < -0.4 is 16.4 Å². The molecule has 1 fully saturated rings. The number of hydrogen-bond acceptors (Lipinski definition) is 3. The number of carbonyl (C=O) groups is 2. The summed E-state index contributed by atoms with van der Waals surface area (Å²) in [5.74, 6) is -6.45. The number of nitrogens with two attached hydrogens (primary N) is 1. The topological polar surface area (TPSA) is 84.2 Å². The first kappa shape index (κ1) is 29.3. The number of benzene rings is 2. The van der Waals surface area contributed by atoms with Crippen LogP contribution >= 0.6 is 50.7 Å². The SMILES string of the molecule is C/C(=C(F)\C(Br)=C/C(C)F)C1C(C(=O)Nc2ccc(Cl)c(C(=O)Nc3ccc(F)c(N)c3F)c2)C1(Cl)Cl. The number of alkyl halides is 3. The summed E-state index contributed by atoms with van der Waals surface area (Å²) in [4.78, 5) is 25.6. The third-order valence-corrected chi connectivity index (χ3v) is 7.47. The van der Waals surface area contributed by atoms with Gasteiger partial charge in [0.2, 0.25) is 5.91 Å². The Morgan fingerprint density at radius 1 is 1.16 bits per heavy atom. The Balaban J connectivity index is 1.79. The van der Waals surface area contributed by atoms with E-state index >= 15 is 0 Å². The molecule has 2 amide bonds. The maximum atomic E-state index is 14.7. The molecule has 0 bridgehead atoms. The van der Waals surface area contributed by atoms with Crippen molar-refractivity contribution in [2.45, 2.75) is 24.4 Å². The molecule has 0 spiro atoms. The van der Waals surface area contributed by atoms with E-state index in [-0.39, 0.29) is 32.0 Å². The normalized spacial score (nSPS) is 20.1. The fourth-order valence-electron chi connectivity index (χ4n) is 3.64. The Labute approximate surface area is 233 Å². The first-order chi connectivity index (χ1) is 17.2. The molecule has 37 heavy (non-hydrogen) atoms. The Kier molecular flexibility index (Phi) is 8.89. The highest BCUT2D eigenvalue weighted by molar-refractivity contribution is 9.11. The second-order valence-corrected chi connectivity index (χ2v) is 11.0. The van der Waals surface area contributed by atoms with Crippen LogP contribution in [-0.2, 0) is 4.79 Å². The summed E-state index contributed by atoms with van der Waals surface area (Å²) in [6.07, 6.45) is -0.413. The molecule has 1 aliphatic carbocycles. The van der Waals surface area contributed by atoms with Crippen molar-refractivity contribution in [1.29, 1.82) is 0 Å². The highest BCUT2D eigenvalue weighted by Gasteiger charge is 2.68. The maximum Gasteiger partial charge on any atom is 0.257 e. The van der Waals surface area contributed by atoms with Gasteiger partial charge in [0.1, 0.15) is 27.8 Å². The summed E-state index contributed by atoms with van der Waals surface area (Å²) in [6, 6.07) is 5.79. The van der Waals surface area contributed by atoms with Crippen molar-refractivity contribution in [1.82, 2.24) is 0 Å². The zero-order chi connectivity index (χ0) is 27.8. The van der Waals surface area contributed by atoms with Crippen LogP contribution in [0.3, 0.4) is 0 Å². The van der Waals surface area contributed by atoms with E-state index in [1.165, 1.54) is 32.0 Å². The molecule has 13 heteroatoms. The van der Waals surface area contributed by atoms with Gasteiger partial charge in [0.15, 0.2) is 5.82 Å². The highest BCUT2D eigenvalue weighted by atomic mass is 79.9. The van der Waals surface area contributed by atoms with Gasteiger partial charge in [0, 0.05) is 11.6 Å². The molecule has 0 radical (unpaired) electrons. The van der Waals surface area contributed by atoms with E-state index in [0.29, 0.717) is 0 Å². The van der Waals surface area contributed by atoms with E-state index < -0.39 is 57.3 Å². The molecular formula is C24H19BrCl3F4N3O2. The number of amides is 2. The number of nitrogen functional groups attached to an aromatic ring is 1. The molecule has 0 heterocycles. The lowest BCUT2D eigenvalue weighted by molar-refractivity contribution is -0.117. The largest absolute Gasteiger partial charge is 0.394 e. The molecule has 0 aromatic heterocycles. The molecule has 3 atom stereocenters. The van der Waals surface area contributed by atoms with E-state index in [1.54, 1.807) is 0 Å². The monoisotopic (exact) mass is 641 g/mol. The average Bonchev–Trinajstić information content (AvgIpc) is 3.40. The molecular weight excluding hydrogens is 625 g/mol. The Bertz CT molecular complexity index is 1330. The quantitative estimate of drug-likeness (QED) is 0.125. The second kappa shape index (κ2) is 11.2. The van der Waals surface area contributed by atoms with Gasteiger partial charge in [0.25, 0.3) is 5.91 Å². The third-order valence-electron chi connectivity index (χ3n) is 5.59. The molecule has 5 nitrogen and oxygen atoms in total. The Hall–Kier alpha value is -2.27. The minimum absolute atomic E-state index is 0.0288. The van der Waals surface area contributed by atoms with Gasteiger partial charge >= 0.3 is 0 Å². The van der Waals surface area contributed by atoms with Gasteiger partial charge in [-0.05, 0) is 71.8 Å². The van der Waals surface area contributed by atoms with Crippen LogP contribution in [0.1, 0.15) is 24.2 Å². The first-order valence-electron chi connectivity index (χ1n) is 10.6. The third kappa shape index (κ3) is 6.25. The Morgan fingerprint density at radius 3 is 2.43 bits per heavy atom. The summed E-state index contributed by atoms with van der Waals surface area (Å²) in [7, 11) is 0. The number of carbonyl (C=O) groups excluding carboxylic acids is 2. The lowest BCUT2D eigenvalue weighted by atomic mass is 10.1. The van der Waals surface area contributed by atoms with Gasteiger partial charge in [-0.1, -0.05) is 11.6 Å². The zero-order valence-corrected chi connectivity index (χ0v) is 23.0. The van der Waals surface area contributed by atoms with Gasteiger partial charge in [-0.25, -0.2) is 17.6 Å². The molecule has 4 N–H and O–H groups in total. The standard InChI is InChI=1S/C24H19BrCl3F4N3O2/c1-9(29)7-13(25)19(31)10(2)17-18(24(17,27)28)23(37)34-11-3-4-14(26)12(8-11)22(36)35-16-6-5-15(30)21(33)20(16)32/h3-9,17-18H,33H2,1-2H3,(H,34,37)(H,35,36)/b13-7+,19-10-. The van der Waals surface area contributed by atoms with E-state index in [2.05, 4.69) is 26.6 Å². The molecule has 0 saturated heterocycles. The van der Waals surface area contributed by atoms with Gasteiger partial charge in [-0.2, -0.15) is 0 Å². The van der Waals surface area contributed by atoms with Crippen LogP contribution in [0.5, 0.6) is 0 Å². The molecule has 3 rings (SSSR count). The minimum Gasteiger partial charge on any atom is -0.394 e. The number of hydrogen-bond donors (Lipinski definition) is 3. The van der Waals surface area contributed by atoms with Crippen LogP contribution in [0.25, 0.3) is 0 Å². The van der Waals surface area contributed by atoms with E-state index in [4.69, 9.17) is 40.5 Å².